The van der Waals surface area contributed by atoms with Crippen LogP contribution in [0.4, 0.5) is 11.4 Å². The fourth-order valence-electron chi connectivity index (χ4n) is 2.72. The summed E-state index contributed by atoms with van der Waals surface area (Å²) in [4.78, 5) is 0. The van der Waals surface area contributed by atoms with Crippen LogP contribution in [0.5, 0.6) is 5.75 Å². The molecule has 3 rings (SSSR count). The molecular formula is C20H24ClNO3. The molecule has 0 saturated carbocycles. The molecule has 134 valence electrons. The third-order valence-corrected chi connectivity index (χ3v) is 4.21. The topological polar surface area (TPSA) is 39.7 Å². The molecule has 0 bridgehead atoms. The Morgan fingerprint density at radius 3 is 2.84 bits per heavy atom. The zero-order valence-corrected chi connectivity index (χ0v) is 15.0. The molecule has 1 saturated heterocycles. The number of para-hydroxylation sites is 2. The summed E-state index contributed by atoms with van der Waals surface area (Å²) >= 11 is 6.04. The molecule has 0 aliphatic carbocycles. The second kappa shape index (κ2) is 9.66. The van der Waals surface area contributed by atoms with E-state index >= 15 is 0 Å². The lowest BCUT2D eigenvalue weighted by Gasteiger charge is -2.22. The molecule has 1 atom stereocenters. The van der Waals surface area contributed by atoms with Crippen LogP contribution in [-0.2, 0) is 9.47 Å². The van der Waals surface area contributed by atoms with Crippen LogP contribution in [0.2, 0.25) is 5.02 Å². The minimum Gasteiger partial charge on any atom is -0.491 e. The Labute approximate surface area is 154 Å². The van der Waals surface area contributed by atoms with E-state index in [1.54, 1.807) is 0 Å². The Kier molecular flexibility index (Phi) is 6.98. The summed E-state index contributed by atoms with van der Waals surface area (Å²) in [5.74, 6) is 0.816. The van der Waals surface area contributed by atoms with Gasteiger partial charge in [0, 0.05) is 23.7 Å². The predicted molar refractivity (Wildman–Crippen MR) is 101 cm³/mol. The van der Waals surface area contributed by atoms with E-state index in [1.165, 1.54) is 6.42 Å². The van der Waals surface area contributed by atoms with Crippen LogP contribution in [-0.4, -0.2) is 26.1 Å². The number of hydrogen-bond donors (Lipinski definition) is 1. The van der Waals surface area contributed by atoms with Crippen molar-refractivity contribution in [1.82, 2.24) is 0 Å². The Morgan fingerprint density at radius 2 is 2.00 bits per heavy atom. The molecule has 2 aromatic carbocycles. The number of benzene rings is 2. The fraction of sp³-hybridized carbons (Fsp3) is 0.400. The number of rotatable bonds is 8. The minimum absolute atomic E-state index is 0.0365. The largest absolute Gasteiger partial charge is 0.491 e. The van der Waals surface area contributed by atoms with E-state index in [1.807, 2.05) is 48.5 Å². The molecule has 1 fully saturated rings. The molecule has 1 aliphatic heterocycles. The first-order valence-corrected chi connectivity index (χ1v) is 9.17. The van der Waals surface area contributed by atoms with Gasteiger partial charge in [0.25, 0.3) is 0 Å². The maximum Gasteiger partial charge on any atom is 0.157 e. The van der Waals surface area contributed by atoms with Gasteiger partial charge in [-0.2, -0.15) is 0 Å². The summed E-state index contributed by atoms with van der Waals surface area (Å²) < 4.78 is 17.2. The van der Waals surface area contributed by atoms with Crippen molar-refractivity contribution in [2.24, 2.45) is 0 Å². The molecule has 0 radical (unpaired) electrons. The van der Waals surface area contributed by atoms with Crippen molar-refractivity contribution in [1.29, 1.82) is 0 Å². The molecule has 1 heterocycles. The Balaban J connectivity index is 1.46. The number of ether oxygens (including phenoxy) is 3. The molecule has 1 aliphatic rings. The van der Waals surface area contributed by atoms with Crippen LogP contribution < -0.4 is 10.1 Å². The second-order valence-electron chi connectivity index (χ2n) is 6.00. The summed E-state index contributed by atoms with van der Waals surface area (Å²) in [5, 5.41) is 4.04. The summed E-state index contributed by atoms with van der Waals surface area (Å²) in [6, 6.07) is 15.5. The van der Waals surface area contributed by atoms with Gasteiger partial charge in [0.15, 0.2) is 6.29 Å². The monoisotopic (exact) mass is 361 g/mol. The van der Waals surface area contributed by atoms with Gasteiger partial charge >= 0.3 is 0 Å². The van der Waals surface area contributed by atoms with Crippen LogP contribution in [0.25, 0.3) is 0 Å². The third-order valence-electron chi connectivity index (χ3n) is 3.98. The molecule has 1 N–H and O–H groups in total. The van der Waals surface area contributed by atoms with Crippen LogP contribution >= 0.6 is 11.6 Å². The van der Waals surface area contributed by atoms with Crippen LogP contribution in [0.3, 0.4) is 0 Å². The van der Waals surface area contributed by atoms with Crippen molar-refractivity contribution >= 4 is 23.0 Å². The van der Waals surface area contributed by atoms with Gasteiger partial charge in [0.1, 0.15) is 5.75 Å². The van der Waals surface area contributed by atoms with Gasteiger partial charge in [0.05, 0.1) is 18.9 Å². The van der Waals surface area contributed by atoms with Gasteiger partial charge in [-0.25, -0.2) is 0 Å². The number of nitrogens with one attached hydrogen (secondary N) is 1. The normalized spacial score (nSPS) is 17.2. The zero-order chi connectivity index (χ0) is 17.3. The Hall–Kier alpha value is -1.75. The zero-order valence-electron chi connectivity index (χ0n) is 14.2. The molecule has 5 heteroatoms. The van der Waals surface area contributed by atoms with Crippen molar-refractivity contribution < 1.29 is 14.2 Å². The van der Waals surface area contributed by atoms with E-state index in [4.69, 9.17) is 25.8 Å². The Morgan fingerprint density at radius 1 is 1.08 bits per heavy atom. The first-order valence-electron chi connectivity index (χ1n) is 8.79. The molecule has 0 amide bonds. The molecule has 4 nitrogen and oxygen atoms in total. The molecule has 0 spiro atoms. The van der Waals surface area contributed by atoms with E-state index in [0.717, 1.165) is 43.0 Å². The molecule has 2 aromatic rings. The smallest absolute Gasteiger partial charge is 0.157 e. The predicted octanol–water partition coefficient (Wildman–Crippen LogP) is 5.40. The van der Waals surface area contributed by atoms with Gasteiger partial charge < -0.3 is 19.5 Å². The quantitative estimate of drug-likeness (QED) is 0.639. The van der Waals surface area contributed by atoms with Gasteiger partial charge in [-0.3, -0.25) is 0 Å². The summed E-state index contributed by atoms with van der Waals surface area (Å²) in [7, 11) is 0. The number of halogens is 1. The van der Waals surface area contributed by atoms with Gasteiger partial charge in [-0.15, -0.1) is 0 Å². The Bertz CT molecular complexity index is 659. The minimum atomic E-state index is -0.0365. The molecular weight excluding hydrogens is 338 g/mol. The summed E-state index contributed by atoms with van der Waals surface area (Å²) in [5.41, 5.74) is 1.85. The summed E-state index contributed by atoms with van der Waals surface area (Å²) in [6.45, 7) is 2.05. The third kappa shape index (κ3) is 5.92. The number of anilines is 2. The highest BCUT2D eigenvalue weighted by Crippen LogP contribution is 2.28. The van der Waals surface area contributed by atoms with E-state index in [0.29, 0.717) is 18.2 Å². The molecule has 1 unspecified atom stereocenters. The lowest BCUT2D eigenvalue weighted by molar-refractivity contribution is -0.163. The van der Waals surface area contributed by atoms with Crippen molar-refractivity contribution in [3.8, 4) is 5.75 Å². The highest BCUT2D eigenvalue weighted by Gasteiger charge is 2.13. The van der Waals surface area contributed by atoms with Gasteiger partial charge in [-0.1, -0.05) is 29.8 Å². The van der Waals surface area contributed by atoms with E-state index in [2.05, 4.69) is 5.32 Å². The van der Waals surface area contributed by atoms with E-state index in [-0.39, 0.29) is 6.29 Å². The lowest BCUT2D eigenvalue weighted by Crippen LogP contribution is -2.23. The second-order valence-corrected chi connectivity index (χ2v) is 6.44. The lowest BCUT2D eigenvalue weighted by atomic mass is 10.2. The van der Waals surface area contributed by atoms with Crippen molar-refractivity contribution in [2.75, 3.05) is 25.1 Å². The van der Waals surface area contributed by atoms with Crippen LogP contribution in [0, 0.1) is 0 Å². The SMILES string of the molecule is Clc1cccc(Nc2ccccc2OCCCOC2CCCCO2)c1. The first-order chi connectivity index (χ1) is 12.3. The standard InChI is InChI=1S/C20H24ClNO3/c21-16-7-5-8-17(15-16)22-18-9-1-2-10-19(18)23-13-6-14-25-20-11-3-4-12-24-20/h1-2,5,7-10,15,20,22H,3-4,6,11-14H2. The number of hydrogen-bond acceptors (Lipinski definition) is 4. The fourth-order valence-corrected chi connectivity index (χ4v) is 2.91. The highest BCUT2D eigenvalue weighted by atomic mass is 35.5. The van der Waals surface area contributed by atoms with Gasteiger partial charge in [-0.05, 0) is 49.6 Å². The maximum absolute atomic E-state index is 6.04. The molecule has 0 aromatic heterocycles. The van der Waals surface area contributed by atoms with Crippen LogP contribution in [0.15, 0.2) is 48.5 Å². The summed E-state index contributed by atoms with van der Waals surface area (Å²) in [6.07, 6.45) is 4.10. The van der Waals surface area contributed by atoms with Gasteiger partial charge in [0.2, 0.25) is 0 Å². The molecule has 25 heavy (non-hydrogen) atoms. The average Bonchev–Trinajstić information content (AvgIpc) is 2.64. The average molecular weight is 362 g/mol. The van der Waals surface area contributed by atoms with Crippen molar-refractivity contribution in [2.45, 2.75) is 32.0 Å². The van der Waals surface area contributed by atoms with Crippen molar-refractivity contribution in [3.05, 3.63) is 53.6 Å². The highest BCUT2D eigenvalue weighted by molar-refractivity contribution is 6.30. The van der Waals surface area contributed by atoms with Crippen LogP contribution in [0.1, 0.15) is 25.7 Å². The van der Waals surface area contributed by atoms with Crippen molar-refractivity contribution in [3.63, 3.8) is 0 Å². The maximum atomic E-state index is 6.04. The van der Waals surface area contributed by atoms with E-state index in [9.17, 15) is 0 Å². The first kappa shape index (κ1) is 18.1. The van der Waals surface area contributed by atoms with E-state index < -0.39 is 0 Å².